The van der Waals surface area contributed by atoms with Gasteiger partial charge in [-0.1, -0.05) is 61.9 Å². The van der Waals surface area contributed by atoms with Crippen molar-refractivity contribution in [3.8, 4) is 0 Å². The molecule has 2 amide bonds. The number of benzene rings is 2. The van der Waals surface area contributed by atoms with E-state index in [1.807, 2.05) is 47.5 Å². The Morgan fingerprint density at radius 3 is 2.61 bits per heavy atom. The number of anilines is 1. The number of hydrogen-bond acceptors (Lipinski definition) is 2. The lowest BCUT2D eigenvalue weighted by atomic mass is 10.2. The molecule has 0 atom stereocenters. The lowest BCUT2D eigenvalue weighted by molar-refractivity contribution is 0.188. The molecule has 0 fully saturated rings. The van der Waals surface area contributed by atoms with Crippen molar-refractivity contribution >= 4 is 22.6 Å². The first-order valence-electron chi connectivity index (χ1n) is 9.89. The highest BCUT2D eigenvalue weighted by Gasteiger charge is 2.16. The van der Waals surface area contributed by atoms with E-state index >= 15 is 0 Å². The minimum atomic E-state index is -0.0630. The quantitative estimate of drug-likeness (QED) is 0.561. The van der Waals surface area contributed by atoms with E-state index in [9.17, 15) is 4.79 Å². The van der Waals surface area contributed by atoms with E-state index in [1.165, 1.54) is 0 Å². The van der Waals surface area contributed by atoms with E-state index in [2.05, 4.69) is 35.0 Å². The molecule has 5 nitrogen and oxygen atoms in total. The maximum atomic E-state index is 13.1. The number of urea groups is 1. The van der Waals surface area contributed by atoms with E-state index < -0.39 is 0 Å². The van der Waals surface area contributed by atoms with Gasteiger partial charge in [-0.15, -0.1) is 0 Å². The minimum Gasteiger partial charge on any atom is -0.383 e. The molecule has 0 saturated carbocycles. The molecule has 5 heteroatoms. The van der Waals surface area contributed by atoms with Crippen molar-refractivity contribution in [3.05, 3.63) is 66.4 Å². The van der Waals surface area contributed by atoms with Gasteiger partial charge in [0.2, 0.25) is 0 Å². The third kappa shape index (κ3) is 4.93. The summed E-state index contributed by atoms with van der Waals surface area (Å²) in [6.07, 6.45) is 4.03. The molecule has 0 unspecified atom stereocenters. The number of para-hydroxylation sites is 1. The number of methoxy groups -OCH3 is 1. The summed E-state index contributed by atoms with van der Waals surface area (Å²) in [6.45, 7) is 4.86. The zero-order chi connectivity index (χ0) is 19.8. The lowest BCUT2D eigenvalue weighted by Gasteiger charge is -2.23. The average molecular weight is 380 g/mol. The Morgan fingerprint density at radius 2 is 1.86 bits per heavy atom. The number of ether oxygens (including phenoxy) is 1. The van der Waals surface area contributed by atoms with Crippen molar-refractivity contribution in [2.24, 2.45) is 0 Å². The predicted octanol–water partition coefficient (Wildman–Crippen LogP) is 5.12. The molecule has 0 spiro atoms. The van der Waals surface area contributed by atoms with Crippen molar-refractivity contribution in [2.45, 2.75) is 32.9 Å². The van der Waals surface area contributed by atoms with E-state index in [1.54, 1.807) is 7.11 Å². The van der Waals surface area contributed by atoms with Crippen LogP contribution in [-0.2, 0) is 17.8 Å². The van der Waals surface area contributed by atoms with Gasteiger partial charge in [-0.2, -0.15) is 0 Å². The van der Waals surface area contributed by atoms with Crippen LogP contribution in [0.1, 0.15) is 25.3 Å². The molecule has 0 aliphatic carbocycles. The Hall–Kier alpha value is -2.79. The fraction of sp³-hybridized carbons (Fsp3) is 0.348. The molecule has 3 rings (SSSR count). The second kappa shape index (κ2) is 9.95. The normalized spacial score (nSPS) is 10.9. The number of amides is 2. The highest BCUT2D eigenvalue weighted by atomic mass is 16.5. The molecule has 1 N–H and O–H groups in total. The van der Waals surface area contributed by atoms with Crippen molar-refractivity contribution in [3.63, 3.8) is 0 Å². The van der Waals surface area contributed by atoms with Crippen molar-refractivity contribution in [1.82, 2.24) is 9.47 Å². The van der Waals surface area contributed by atoms with Gasteiger partial charge in [0, 0.05) is 38.3 Å². The van der Waals surface area contributed by atoms with Crippen LogP contribution in [0, 0.1) is 0 Å². The van der Waals surface area contributed by atoms with Gasteiger partial charge in [0.15, 0.2) is 0 Å². The third-order valence-electron chi connectivity index (χ3n) is 4.85. The minimum absolute atomic E-state index is 0.0630. The Morgan fingerprint density at radius 1 is 1.11 bits per heavy atom. The van der Waals surface area contributed by atoms with E-state index in [-0.39, 0.29) is 6.03 Å². The van der Waals surface area contributed by atoms with Gasteiger partial charge in [0.25, 0.3) is 0 Å². The van der Waals surface area contributed by atoms with Crippen LogP contribution in [0.15, 0.2) is 60.8 Å². The van der Waals surface area contributed by atoms with Crippen molar-refractivity contribution in [2.75, 3.05) is 25.6 Å². The highest BCUT2D eigenvalue weighted by molar-refractivity contribution is 6.01. The van der Waals surface area contributed by atoms with Crippen molar-refractivity contribution in [1.29, 1.82) is 0 Å². The smallest absolute Gasteiger partial charge is 0.322 e. The van der Waals surface area contributed by atoms with Crippen LogP contribution in [-0.4, -0.2) is 35.8 Å². The third-order valence-corrected chi connectivity index (χ3v) is 4.85. The molecule has 2 aromatic carbocycles. The van der Waals surface area contributed by atoms with Crippen LogP contribution < -0.4 is 5.32 Å². The molecule has 148 valence electrons. The molecule has 0 saturated heterocycles. The Bertz CT molecular complexity index is 889. The number of fused-ring (bicyclic) bond motifs is 1. The maximum Gasteiger partial charge on any atom is 0.322 e. The first-order chi connectivity index (χ1) is 13.7. The average Bonchev–Trinajstić information content (AvgIpc) is 3.07. The van der Waals surface area contributed by atoms with Gasteiger partial charge in [-0.05, 0) is 18.1 Å². The topological polar surface area (TPSA) is 46.5 Å². The summed E-state index contributed by atoms with van der Waals surface area (Å²) >= 11 is 0. The Balaban J connectivity index is 1.80. The van der Waals surface area contributed by atoms with Crippen LogP contribution in [0.2, 0.25) is 0 Å². The Kier molecular flexibility index (Phi) is 7.09. The summed E-state index contributed by atoms with van der Waals surface area (Å²) in [4.78, 5) is 15.0. The van der Waals surface area contributed by atoms with Gasteiger partial charge in [-0.3, -0.25) is 0 Å². The summed E-state index contributed by atoms with van der Waals surface area (Å²) in [6, 6.07) is 18.2. The monoisotopic (exact) mass is 379 g/mol. The molecular weight excluding hydrogens is 350 g/mol. The molecular formula is C23H29N3O2. The first kappa shape index (κ1) is 20.0. The molecule has 3 aromatic rings. The van der Waals surface area contributed by atoms with Gasteiger partial charge in [0.05, 0.1) is 17.8 Å². The molecule has 1 heterocycles. The number of aromatic nitrogens is 1. The van der Waals surface area contributed by atoms with Gasteiger partial charge >= 0.3 is 6.03 Å². The standard InChI is InChI=1S/C23H29N3O2/c1-3-4-14-26(17-19-10-6-5-7-11-19)23(27)24-21-18-25(15-16-28-2)22-13-9-8-12-20(21)22/h5-13,18H,3-4,14-17H2,1-2H3,(H,24,27). The molecule has 0 aliphatic rings. The predicted molar refractivity (Wildman–Crippen MR) is 115 cm³/mol. The fourth-order valence-electron chi connectivity index (χ4n) is 3.32. The molecule has 1 aromatic heterocycles. The van der Waals surface area contributed by atoms with Crippen LogP contribution in [0.5, 0.6) is 0 Å². The number of carbonyl (C=O) groups excluding carboxylic acids is 1. The summed E-state index contributed by atoms with van der Waals surface area (Å²) in [5.74, 6) is 0. The van der Waals surface area contributed by atoms with Crippen LogP contribution >= 0.6 is 0 Å². The Labute approximate surface area is 166 Å². The lowest BCUT2D eigenvalue weighted by Crippen LogP contribution is -2.35. The summed E-state index contributed by atoms with van der Waals surface area (Å²) in [5.41, 5.74) is 3.07. The zero-order valence-corrected chi connectivity index (χ0v) is 16.7. The highest BCUT2D eigenvalue weighted by Crippen LogP contribution is 2.26. The molecule has 0 bridgehead atoms. The maximum absolute atomic E-state index is 13.1. The number of rotatable bonds is 9. The number of carbonyl (C=O) groups is 1. The number of nitrogens with zero attached hydrogens (tertiary/aromatic N) is 2. The summed E-state index contributed by atoms with van der Waals surface area (Å²) in [7, 11) is 1.70. The molecule has 28 heavy (non-hydrogen) atoms. The number of unbranched alkanes of at least 4 members (excludes halogenated alkanes) is 1. The van der Waals surface area contributed by atoms with E-state index in [0.29, 0.717) is 13.2 Å². The molecule has 0 radical (unpaired) electrons. The van der Waals surface area contributed by atoms with Crippen LogP contribution in [0.3, 0.4) is 0 Å². The second-order valence-corrected chi connectivity index (χ2v) is 6.94. The second-order valence-electron chi connectivity index (χ2n) is 6.94. The number of hydrogen-bond donors (Lipinski definition) is 1. The van der Waals surface area contributed by atoms with E-state index in [0.717, 1.165) is 48.1 Å². The largest absolute Gasteiger partial charge is 0.383 e. The van der Waals surface area contributed by atoms with Gasteiger partial charge in [0.1, 0.15) is 0 Å². The first-order valence-corrected chi connectivity index (χ1v) is 9.89. The summed E-state index contributed by atoms with van der Waals surface area (Å²) < 4.78 is 7.34. The van der Waals surface area contributed by atoms with Gasteiger partial charge < -0.3 is 19.5 Å². The van der Waals surface area contributed by atoms with E-state index in [4.69, 9.17) is 4.74 Å². The molecule has 0 aliphatic heterocycles. The number of nitrogens with one attached hydrogen (secondary N) is 1. The van der Waals surface area contributed by atoms with Crippen LogP contribution in [0.4, 0.5) is 10.5 Å². The summed E-state index contributed by atoms with van der Waals surface area (Å²) in [5, 5.41) is 4.18. The van der Waals surface area contributed by atoms with Gasteiger partial charge in [-0.25, -0.2) is 4.79 Å². The zero-order valence-electron chi connectivity index (χ0n) is 16.7. The van der Waals surface area contributed by atoms with Crippen molar-refractivity contribution < 1.29 is 9.53 Å². The fourth-order valence-corrected chi connectivity index (χ4v) is 3.32. The SMILES string of the molecule is CCCCN(Cc1ccccc1)C(=O)Nc1cn(CCOC)c2ccccc12. The van der Waals surface area contributed by atoms with Crippen LogP contribution in [0.25, 0.3) is 10.9 Å².